The predicted molar refractivity (Wildman–Crippen MR) is 118 cm³/mol. The Labute approximate surface area is 170 Å². The summed E-state index contributed by atoms with van der Waals surface area (Å²) in [5.41, 5.74) is 4.29. The molecule has 0 saturated heterocycles. The number of anilines is 1. The molecule has 1 aliphatic heterocycles. The predicted octanol–water partition coefficient (Wildman–Crippen LogP) is 6.47. The average Bonchev–Trinajstić information content (AvgIpc) is 2.74. The van der Waals surface area contributed by atoms with Gasteiger partial charge in [0.05, 0.1) is 6.04 Å². The van der Waals surface area contributed by atoms with Crippen molar-refractivity contribution in [3.8, 4) is 0 Å². The Morgan fingerprint density at radius 3 is 2.43 bits per heavy atom. The van der Waals surface area contributed by atoms with Gasteiger partial charge in [0.1, 0.15) is 5.66 Å². The second-order valence-electron chi connectivity index (χ2n) is 7.50. The van der Waals surface area contributed by atoms with Gasteiger partial charge in [0, 0.05) is 10.7 Å². The monoisotopic (exact) mass is 384 g/mol. The van der Waals surface area contributed by atoms with Crippen molar-refractivity contribution >= 4 is 28.1 Å². The van der Waals surface area contributed by atoms with E-state index in [1.807, 2.05) is 12.1 Å². The maximum absolute atomic E-state index is 6.34. The standard InChI is InChI=1S/C25H21ClN2/c1-25(22-13-7-11-17-8-5-6-12-20(17)22)27-23-15-14-19(26)16-21(23)24(28-25)18-9-3-2-4-10-18/h2-16,24,27-28H,1H3/t24-,25-/m0/s1. The first-order valence-corrected chi connectivity index (χ1v) is 9.90. The van der Waals surface area contributed by atoms with E-state index in [4.69, 9.17) is 11.6 Å². The van der Waals surface area contributed by atoms with Gasteiger partial charge in [-0.25, -0.2) is 0 Å². The summed E-state index contributed by atoms with van der Waals surface area (Å²) in [6.07, 6.45) is 0. The third-order valence-corrected chi connectivity index (χ3v) is 5.84. The highest BCUT2D eigenvalue weighted by Gasteiger charge is 2.37. The third kappa shape index (κ3) is 2.86. The van der Waals surface area contributed by atoms with Gasteiger partial charge in [-0.05, 0) is 52.6 Å². The topological polar surface area (TPSA) is 24.1 Å². The zero-order chi connectivity index (χ0) is 19.1. The van der Waals surface area contributed by atoms with E-state index < -0.39 is 5.66 Å². The maximum atomic E-state index is 6.34. The van der Waals surface area contributed by atoms with E-state index in [1.165, 1.54) is 21.9 Å². The quantitative estimate of drug-likeness (QED) is 0.413. The summed E-state index contributed by atoms with van der Waals surface area (Å²) in [5, 5.41) is 10.8. The largest absolute Gasteiger partial charge is 0.363 e. The van der Waals surface area contributed by atoms with Crippen molar-refractivity contribution in [3.05, 3.63) is 113 Å². The van der Waals surface area contributed by atoms with Crippen LogP contribution in [0.5, 0.6) is 0 Å². The molecule has 0 saturated carbocycles. The molecule has 0 spiro atoms. The van der Waals surface area contributed by atoms with Crippen molar-refractivity contribution in [1.82, 2.24) is 5.32 Å². The number of hydrogen-bond donors (Lipinski definition) is 2. The lowest BCUT2D eigenvalue weighted by Crippen LogP contribution is -2.51. The lowest BCUT2D eigenvalue weighted by molar-refractivity contribution is 0.369. The van der Waals surface area contributed by atoms with Crippen LogP contribution >= 0.6 is 11.6 Å². The normalized spacial score (nSPS) is 21.1. The first kappa shape index (κ1) is 17.3. The van der Waals surface area contributed by atoms with Crippen molar-refractivity contribution in [2.45, 2.75) is 18.6 Å². The van der Waals surface area contributed by atoms with Crippen LogP contribution in [0.25, 0.3) is 10.8 Å². The average molecular weight is 385 g/mol. The van der Waals surface area contributed by atoms with Gasteiger partial charge in [0.25, 0.3) is 0 Å². The molecule has 4 aromatic rings. The van der Waals surface area contributed by atoms with Crippen LogP contribution in [0.3, 0.4) is 0 Å². The van der Waals surface area contributed by atoms with Gasteiger partial charge >= 0.3 is 0 Å². The minimum Gasteiger partial charge on any atom is -0.363 e. The first-order valence-electron chi connectivity index (χ1n) is 9.53. The smallest absolute Gasteiger partial charge is 0.113 e. The van der Waals surface area contributed by atoms with E-state index in [1.54, 1.807) is 0 Å². The van der Waals surface area contributed by atoms with Crippen molar-refractivity contribution in [2.24, 2.45) is 0 Å². The number of benzene rings is 4. The van der Waals surface area contributed by atoms with Crippen LogP contribution in [0.15, 0.2) is 91.0 Å². The summed E-state index contributed by atoms with van der Waals surface area (Å²) >= 11 is 6.34. The highest BCUT2D eigenvalue weighted by molar-refractivity contribution is 6.30. The summed E-state index contributed by atoms with van der Waals surface area (Å²) in [5.74, 6) is 0. The Morgan fingerprint density at radius 1 is 0.821 bits per heavy atom. The molecule has 3 heteroatoms. The van der Waals surface area contributed by atoms with Gasteiger partial charge in [-0.2, -0.15) is 0 Å². The fourth-order valence-corrected chi connectivity index (χ4v) is 4.45. The van der Waals surface area contributed by atoms with E-state index in [2.05, 4.69) is 96.4 Å². The lowest BCUT2D eigenvalue weighted by Gasteiger charge is -2.43. The number of rotatable bonds is 2. The summed E-state index contributed by atoms with van der Waals surface area (Å²) in [6, 6.07) is 31.7. The van der Waals surface area contributed by atoms with E-state index in [9.17, 15) is 0 Å². The van der Waals surface area contributed by atoms with Crippen LogP contribution in [0.1, 0.15) is 29.7 Å². The molecule has 0 bridgehead atoms. The van der Waals surface area contributed by atoms with Gasteiger partial charge in [0.15, 0.2) is 0 Å². The van der Waals surface area contributed by atoms with Crippen LogP contribution < -0.4 is 10.6 Å². The van der Waals surface area contributed by atoms with Gasteiger partial charge in [-0.3, -0.25) is 5.32 Å². The second-order valence-corrected chi connectivity index (χ2v) is 7.93. The molecule has 1 aliphatic rings. The van der Waals surface area contributed by atoms with Crippen LogP contribution in [-0.4, -0.2) is 0 Å². The van der Waals surface area contributed by atoms with Crippen LogP contribution in [-0.2, 0) is 5.66 Å². The number of hydrogen-bond acceptors (Lipinski definition) is 2. The molecular formula is C25H21ClN2. The van der Waals surface area contributed by atoms with Crippen LogP contribution in [0.2, 0.25) is 5.02 Å². The molecule has 2 N–H and O–H groups in total. The SMILES string of the molecule is C[C@]1(c2cccc3ccccc23)Nc2ccc(Cl)cc2[C@H](c2ccccc2)N1. The van der Waals surface area contributed by atoms with Gasteiger partial charge < -0.3 is 5.32 Å². The molecule has 4 aromatic carbocycles. The fourth-order valence-electron chi connectivity index (χ4n) is 4.27. The zero-order valence-electron chi connectivity index (χ0n) is 15.6. The van der Waals surface area contributed by atoms with Crippen molar-refractivity contribution in [2.75, 3.05) is 5.32 Å². The first-order chi connectivity index (χ1) is 13.6. The number of nitrogens with one attached hydrogen (secondary N) is 2. The molecule has 0 unspecified atom stereocenters. The molecular weight excluding hydrogens is 364 g/mol. The molecule has 0 amide bonds. The molecule has 0 fully saturated rings. The van der Waals surface area contributed by atoms with Gasteiger partial charge in [-0.1, -0.05) is 84.4 Å². The van der Waals surface area contributed by atoms with E-state index in [0.717, 1.165) is 16.3 Å². The van der Waals surface area contributed by atoms with Crippen molar-refractivity contribution in [1.29, 1.82) is 0 Å². The zero-order valence-corrected chi connectivity index (χ0v) is 16.4. The molecule has 5 rings (SSSR count). The molecule has 0 aliphatic carbocycles. The highest BCUT2D eigenvalue weighted by Crippen LogP contribution is 2.41. The minimum atomic E-state index is -0.428. The highest BCUT2D eigenvalue weighted by atomic mass is 35.5. The Bertz CT molecular complexity index is 1150. The molecule has 2 nitrogen and oxygen atoms in total. The Morgan fingerprint density at radius 2 is 1.57 bits per heavy atom. The Balaban J connectivity index is 1.70. The van der Waals surface area contributed by atoms with Gasteiger partial charge in [-0.15, -0.1) is 0 Å². The molecule has 1 heterocycles. The summed E-state index contributed by atoms with van der Waals surface area (Å²) in [7, 11) is 0. The molecule has 0 aromatic heterocycles. The molecule has 28 heavy (non-hydrogen) atoms. The van der Waals surface area contributed by atoms with Crippen LogP contribution in [0.4, 0.5) is 5.69 Å². The van der Waals surface area contributed by atoms with E-state index >= 15 is 0 Å². The summed E-state index contributed by atoms with van der Waals surface area (Å²) < 4.78 is 0. The Kier molecular flexibility index (Phi) is 4.12. The number of halogens is 1. The molecule has 0 radical (unpaired) electrons. The van der Waals surface area contributed by atoms with Crippen molar-refractivity contribution in [3.63, 3.8) is 0 Å². The third-order valence-electron chi connectivity index (χ3n) is 5.60. The fraction of sp³-hybridized carbons (Fsp3) is 0.120. The van der Waals surface area contributed by atoms with Gasteiger partial charge in [0.2, 0.25) is 0 Å². The minimum absolute atomic E-state index is 0.0418. The summed E-state index contributed by atoms with van der Waals surface area (Å²) in [6.45, 7) is 2.21. The lowest BCUT2D eigenvalue weighted by atomic mass is 9.87. The second kappa shape index (κ2) is 6.66. The van der Waals surface area contributed by atoms with Crippen LogP contribution in [0, 0.1) is 0 Å². The number of fused-ring (bicyclic) bond motifs is 2. The van der Waals surface area contributed by atoms with Crippen molar-refractivity contribution < 1.29 is 0 Å². The van der Waals surface area contributed by atoms with E-state index in [0.29, 0.717) is 0 Å². The Hall–Kier alpha value is -2.81. The maximum Gasteiger partial charge on any atom is 0.113 e. The summed E-state index contributed by atoms with van der Waals surface area (Å²) in [4.78, 5) is 0. The molecule has 2 atom stereocenters. The molecule has 138 valence electrons. The van der Waals surface area contributed by atoms with E-state index in [-0.39, 0.29) is 6.04 Å².